The van der Waals surface area contributed by atoms with E-state index in [0.29, 0.717) is 0 Å². The van der Waals surface area contributed by atoms with Gasteiger partial charge in [0.1, 0.15) is 0 Å². The number of fused-ring (bicyclic) bond motifs is 2. The van der Waals surface area contributed by atoms with Gasteiger partial charge in [0.15, 0.2) is 0 Å². The van der Waals surface area contributed by atoms with Crippen molar-refractivity contribution in [2.75, 3.05) is 0 Å². The van der Waals surface area contributed by atoms with E-state index in [1.807, 2.05) is 10.8 Å². The SMILES string of the molecule is C=N/C=C\SCc1cccc(-c2ccc(-c3ccc(-c4cccc(CS/C=C\N)n4)c4ccccc34)c3ccccc23)n1. The summed E-state index contributed by atoms with van der Waals surface area (Å²) in [6.07, 6.45) is 3.26. The van der Waals surface area contributed by atoms with Gasteiger partial charge in [-0.3, -0.25) is 15.0 Å². The zero-order chi connectivity index (χ0) is 29.4. The molecule has 2 aromatic heterocycles. The van der Waals surface area contributed by atoms with Gasteiger partial charge in [-0.1, -0.05) is 84.9 Å². The van der Waals surface area contributed by atoms with Crippen LogP contribution in [0.1, 0.15) is 11.4 Å². The van der Waals surface area contributed by atoms with E-state index in [2.05, 4.69) is 121 Å². The van der Waals surface area contributed by atoms with Crippen molar-refractivity contribution in [3.63, 3.8) is 0 Å². The van der Waals surface area contributed by atoms with Crippen LogP contribution in [0.25, 0.3) is 55.2 Å². The molecule has 0 aliphatic rings. The topological polar surface area (TPSA) is 64.2 Å². The highest BCUT2D eigenvalue weighted by Crippen LogP contribution is 2.40. The first-order chi connectivity index (χ1) is 21.3. The van der Waals surface area contributed by atoms with Crippen molar-refractivity contribution >= 4 is 51.8 Å². The Hall–Kier alpha value is -4.65. The minimum absolute atomic E-state index is 0.773. The minimum Gasteiger partial charge on any atom is -0.404 e. The lowest BCUT2D eigenvalue weighted by Crippen LogP contribution is -1.93. The fraction of sp³-hybridized carbons (Fsp3) is 0.0541. The second-order valence-corrected chi connectivity index (χ2v) is 11.6. The molecule has 210 valence electrons. The molecule has 0 spiro atoms. The molecule has 0 bridgehead atoms. The maximum absolute atomic E-state index is 5.51. The molecule has 0 atom stereocenters. The molecule has 6 heteroatoms. The monoisotopic (exact) mass is 594 g/mol. The number of aromatic nitrogens is 2. The van der Waals surface area contributed by atoms with Crippen molar-refractivity contribution in [1.82, 2.24) is 9.97 Å². The summed E-state index contributed by atoms with van der Waals surface area (Å²) < 4.78 is 0. The van der Waals surface area contributed by atoms with E-state index in [0.717, 1.165) is 45.4 Å². The molecule has 6 rings (SSSR count). The highest BCUT2D eigenvalue weighted by atomic mass is 32.2. The van der Waals surface area contributed by atoms with Gasteiger partial charge in [-0.25, -0.2) is 0 Å². The largest absolute Gasteiger partial charge is 0.404 e. The summed E-state index contributed by atoms with van der Waals surface area (Å²) in [6, 6.07) is 38.6. The van der Waals surface area contributed by atoms with Gasteiger partial charge in [0, 0.05) is 35.0 Å². The summed E-state index contributed by atoms with van der Waals surface area (Å²) in [4.78, 5) is 13.8. The van der Waals surface area contributed by atoms with Crippen molar-refractivity contribution in [2.24, 2.45) is 10.7 Å². The first-order valence-corrected chi connectivity index (χ1v) is 16.0. The third-order valence-corrected chi connectivity index (χ3v) is 8.79. The summed E-state index contributed by atoms with van der Waals surface area (Å²) in [6.45, 7) is 3.49. The zero-order valence-corrected chi connectivity index (χ0v) is 25.2. The summed E-state index contributed by atoms with van der Waals surface area (Å²) >= 11 is 3.29. The highest BCUT2D eigenvalue weighted by Gasteiger charge is 2.15. The van der Waals surface area contributed by atoms with Crippen molar-refractivity contribution in [1.29, 1.82) is 0 Å². The predicted octanol–water partition coefficient (Wildman–Crippen LogP) is 9.85. The number of nitrogens with zero attached hydrogens (tertiary/aromatic N) is 3. The minimum atomic E-state index is 0.773. The Kier molecular flexibility index (Phi) is 8.97. The standard InChI is InChI=1S/C37H30N4S2/c1-39-21-23-43-25-27-9-7-15-37(41-27)35-19-17-33(29-11-3-5-13-31(29)35)32-16-18-34(30-12-4-2-10-28(30)32)36-14-6-8-26(40-36)24-42-22-20-38/h2-23H,1,24-25,38H2/b22-20-,23-21-. The van der Waals surface area contributed by atoms with Crippen LogP contribution in [0.2, 0.25) is 0 Å². The number of hydrogen-bond acceptors (Lipinski definition) is 6. The Bertz CT molecular complexity index is 1980. The molecule has 4 aromatic carbocycles. The average Bonchev–Trinajstić information content (AvgIpc) is 3.06. The summed E-state index contributed by atoms with van der Waals surface area (Å²) in [7, 11) is 0. The second kappa shape index (κ2) is 13.6. The maximum Gasteiger partial charge on any atom is 0.0711 e. The number of pyridine rings is 2. The third-order valence-electron chi connectivity index (χ3n) is 7.20. The summed E-state index contributed by atoms with van der Waals surface area (Å²) in [5, 5.41) is 8.59. The van der Waals surface area contributed by atoms with E-state index in [4.69, 9.17) is 15.7 Å². The van der Waals surface area contributed by atoms with Gasteiger partial charge >= 0.3 is 0 Å². The Labute approximate surface area is 260 Å². The van der Waals surface area contributed by atoms with Gasteiger partial charge in [-0.15, -0.1) is 23.5 Å². The van der Waals surface area contributed by atoms with Gasteiger partial charge in [0.2, 0.25) is 0 Å². The smallest absolute Gasteiger partial charge is 0.0711 e. The van der Waals surface area contributed by atoms with E-state index in [1.54, 1.807) is 35.9 Å². The Morgan fingerprint density at radius 3 is 1.47 bits per heavy atom. The molecule has 0 aliphatic carbocycles. The Morgan fingerprint density at radius 2 is 1.00 bits per heavy atom. The molecular formula is C37H30N4S2. The number of rotatable bonds is 10. The number of hydrogen-bond donors (Lipinski definition) is 1. The Morgan fingerprint density at radius 1 is 0.558 bits per heavy atom. The Balaban J connectivity index is 1.42. The number of nitrogens with two attached hydrogens (primary N) is 1. The van der Waals surface area contributed by atoms with Crippen molar-refractivity contribution < 1.29 is 0 Å². The van der Waals surface area contributed by atoms with E-state index in [-0.39, 0.29) is 0 Å². The van der Waals surface area contributed by atoms with E-state index >= 15 is 0 Å². The lowest BCUT2D eigenvalue weighted by Gasteiger charge is -2.16. The lowest BCUT2D eigenvalue weighted by atomic mass is 9.89. The van der Waals surface area contributed by atoms with Crippen LogP contribution in [0.15, 0.2) is 137 Å². The van der Waals surface area contributed by atoms with E-state index < -0.39 is 0 Å². The van der Waals surface area contributed by atoms with Crippen LogP contribution in [0.5, 0.6) is 0 Å². The van der Waals surface area contributed by atoms with E-state index in [9.17, 15) is 0 Å². The van der Waals surface area contributed by atoms with Gasteiger partial charge in [-0.2, -0.15) is 0 Å². The predicted molar refractivity (Wildman–Crippen MR) is 188 cm³/mol. The molecule has 0 amide bonds. The van der Waals surface area contributed by atoms with Crippen LogP contribution in [-0.4, -0.2) is 16.7 Å². The number of benzene rings is 4. The maximum atomic E-state index is 5.51. The average molecular weight is 595 g/mol. The van der Waals surface area contributed by atoms with Gasteiger partial charge in [-0.05, 0) is 74.5 Å². The molecule has 4 nitrogen and oxygen atoms in total. The quantitative estimate of drug-likeness (QED) is 0.160. The van der Waals surface area contributed by atoms with Crippen LogP contribution in [0.4, 0.5) is 0 Å². The van der Waals surface area contributed by atoms with Crippen molar-refractivity contribution in [3.8, 4) is 33.6 Å². The molecule has 0 unspecified atom stereocenters. The second-order valence-electron chi connectivity index (χ2n) is 9.86. The van der Waals surface area contributed by atoms with Gasteiger partial charge in [0.25, 0.3) is 0 Å². The van der Waals surface area contributed by atoms with Gasteiger partial charge < -0.3 is 5.73 Å². The first kappa shape index (κ1) is 28.5. The third kappa shape index (κ3) is 6.26. The summed E-state index contributed by atoms with van der Waals surface area (Å²) in [5.74, 6) is 1.55. The fourth-order valence-electron chi connectivity index (χ4n) is 5.34. The summed E-state index contributed by atoms with van der Waals surface area (Å²) in [5.41, 5.74) is 14.1. The molecule has 0 saturated heterocycles. The van der Waals surface area contributed by atoms with Crippen LogP contribution in [-0.2, 0) is 11.5 Å². The molecular weight excluding hydrogens is 565 g/mol. The fourth-order valence-corrected chi connectivity index (χ4v) is 6.48. The van der Waals surface area contributed by atoms with Crippen LogP contribution in [0, 0.1) is 0 Å². The molecule has 2 N–H and O–H groups in total. The molecule has 0 radical (unpaired) electrons. The molecule has 43 heavy (non-hydrogen) atoms. The molecule has 0 aliphatic heterocycles. The first-order valence-electron chi connectivity index (χ1n) is 13.9. The normalized spacial score (nSPS) is 11.6. The van der Waals surface area contributed by atoms with Crippen LogP contribution >= 0.6 is 23.5 Å². The van der Waals surface area contributed by atoms with Crippen molar-refractivity contribution in [3.05, 3.63) is 144 Å². The van der Waals surface area contributed by atoms with Crippen LogP contribution in [0.3, 0.4) is 0 Å². The molecule has 0 fully saturated rings. The lowest BCUT2D eigenvalue weighted by molar-refractivity contribution is 1.18. The zero-order valence-electron chi connectivity index (χ0n) is 23.6. The highest BCUT2D eigenvalue weighted by molar-refractivity contribution is 8.01. The van der Waals surface area contributed by atoms with E-state index in [1.165, 1.54) is 32.7 Å². The van der Waals surface area contributed by atoms with Crippen LogP contribution < -0.4 is 5.73 Å². The number of aliphatic imine (C=N–C) groups is 1. The molecule has 2 heterocycles. The number of thioether (sulfide) groups is 2. The van der Waals surface area contributed by atoms with Gasteiger partial charge in [0.05, 0.1) is 22.8 Å². The molecule has 0 saturated carbocycles. The van der Waals surface area contributed by atoms with Crippen molar-refractivity contribution in [2.45, 2.75) is 11.5 Å². The molecule has 6 aromatic rings.